The van der Waals surface area contributed by atoms with Gasteiger partial charge in [0.15, 0.2) is 0 Å². The van der Waals surface area contributed by atoms with E-state index in [-0.39, 0.29) is 17.9 Å². The molecule has 2 amide bonds. The Morgan fingerprint density at radius 3 is 2.70 bits per heavy atom. The van der Waals surface area contributed by atoms with Crippen LogP contribution in [0.1, 0.15) is 43.0 Å². The first-order valence-corrected chi connectivity index (χ1v) is 8.72. The van der Waals surface area contributed by atoms with Crippen LogP contribution in [0.25, 0.3) is 0 Å². The third-order valence-electron chi connectivity index (χ3n) is 4.19. The highest BCUT2D eigenvalue weighted by atomic mass is 35.5. The van der Waals surface area contributed by atoms with E-state index in [1.807, 2.05) is 0 Å². The zero-order valence-electron chi connectivity index (χ0n) is 13.5. The number of hydrogen-bond acceptors (Lipinski definition) is 2. The first-order chi connectivity index (χ1) is 11.0. The minimum absolute atomic E-state index is 0.0179. The summed E-state index contributed by atoms with van der Waals surface area (Å²) in [6.45, 7) is 3.41. The van der Waals surface area contributed by atoms with E-state index in [1.165, 1.54) is 0 Å². The van der Waals surface area contributed by atoms with Gasteiger partial charge in [0.25, 0.3) is 5.91 Å². The lowest BCUT2D eigenvalue weighted by molar-refractivity contribution is -0.134. The molecule has 1 fully saturated rings. The molecule has 0 radical (unpaired) electrons. The van der Waals surface area contributed by atoms with E-state index in [9.17, 15) is 9.59 Å². The molecule has 1 aromatic rings. The smallest absolute Gasteiger partial charge is 0.254 e. The van der Waals surface area contributed by atoms with Gasteiger partial charge in [0.05, 0.1) is 10.0 Å². The van der Waals surface area contributed by atoms with Crippen LogP contribution in [0.15, 0.2) is 18.2 Å². The molecule has 0 spiro atoms. The molecule has 1 unspecified atom stereocenters. The second-order valence-electron chi connectivity index (χ2n) is 5.90. The van der Waals surface area contributed by atoms with E-state index in [0.717, 1.165) is 25.8 Å². The molecule has 0 N–H and O–H groups in total. The molecule has 1 atom stereocenters. The standard InChI is InChI=1S/C17H22Cl2N2O2/c1-3-4-9-20(2)17(23)15-6-5-10-21(15)16(22)12-7-8-13(18)14(19)11-12/h7-8,11,15H,3-6,9-10H2,1-2H3. The van der Waals surface area contributed by atoms with Gasteiger partial charge in [0.2, 0.25) is 5.91 Å². The van der Waals surface area contributed by atoms with Gasteiger partial charge in [0, 0.05) is 25.7 Å². The Labute approximate surface area is 147 Å². The molecular formula is C17H22Cl2N2O2. The fourth-order valence-corrected chi connectivity index (χ4v) is 3.12. The lowest BCUT2D eigenvalue weighted by atomic mass is 10.1. The van der Waals surface area contributed by atoms with Crippen molar-refractivity contribution in [1.29, 1.82) is 0 Å². The molecule has 1 heterocycles. The summed E-state index contributed by atoms with van der Waals surface area (Å²) in [5.41, 5.74) is 0.468. The minimum Gasteiger partial charge on any atom is -0.344 e. The van der Waals surface area contributed by atoms with Gasteiger partial charge in [-0.3, -0.25) is 9.59 Å². The maximum Gasteiger partial charge on any atom is 0.254 e. The van der Waals surface area contributed by atoms with Crippen LogP contribution in [0.4, 0.5) is 0 Å². The highest BCUT2D eigenvalue weighted by Crippen LogP contribution is 2.26. The van der Waals surface area contributed by atoms with Crippen molar-refractivity contribution < 1.29 is 9.59 Å². The zero-order valence-corrected chi connectivity index (χ0v) is 15.0. The zero-order chi connectivity index (χ0) is 17.0. The van der Waals surface area contributed by atoms with Gasteiger partial charge in [-0.25, -0.2) is 0 Å². The van der Waals surface area contributed by atoms with Crippen molar-refractivity contribution in [1.82, 2.24) is 9.80 Å². The first-order valence-electron chi connectivity index (χ1n) is 7.96. The Kier molecular flexibility index (Phi) is 6.31. The molecule has 6 heteroatoms. The summed E-state index contributed by atoms with van der Waals surface area (Å²) in [5, 5.41) is 0.760. The van der Waals surface area contributed by atoms with Crippen molar-refractivity contribution >= 4 is 35.0 Å². The third-order valence-corrected chi connectivity index (χ3v) is 4.93. The van der Waals surface area contributed by atoms with E-state index >= 15 is 0 Å². The van der Waals surface area contributed by atoms with Crippen LogP contribution in [0.3, 0.4) is 0 Å². The number of likely N-dealkylation sites (tertiary alicyclic amines) is 1. The number of unbranched alkanes of at least 4 members (excludes halogenated alkanes) is 1. The summed E-state index contributed by atoms with van der Waals surface area (Å²) >= 11 is 11.9. The number of carbonyl (C=O) groups is 2. The average molecular weight is 357 g/mol. The number of amides is 2. The van der Waals surface area contributed by atoms with Gasteiger partial charge in [-0.15, -0.1) is 0 Å². The molecule has 1 aliphatic heterocycles. The van der Waals surface area contributed by atoms with Crippen molar-refractivity contribution in [3.8, 4) is 0 Å². The van der Waals surface area contributed by atoms with Crippen LogP contribution in [-0.4, -0.2) is 47.8 Å². The minimum atomic E-state index is -0.376. The molecule has 0 aromatic heterocycles. The summed E-state index contributed by atoms with van der Waals surface area (Å²) in [6, 6.07) is 4.44. The first kappa shape index (κ1) is 18.1. The molecule has 1 aliphatic rings. The molecular weight excluding hydrogens is 335 g/mol. The predicted octanol–water partition coefficient (Wildman–Crippen LogP) is 3.86. The van der Waals surface area contributed by atoms with Crippen LogP contribution < -0.4 is 0 Å². The summed E-state index contributed by atoms with van der Waals surface area (Å²) in [4.78, 5) is 28.7. The molecule has 1 aromatic carbocycles. The topological polar surface area (TPSA) is 40.6 Å². The lowest BCUT2D eigenvalue weighted by Gasteiger charge is -2.28. The quantitative estimate of drug-likeness (QED) is 0.803. The van der Waals surface area contributed by atoms with Gasteiger partial charge in [-0.1, -0.05) is 36.5 Å². The number of benzene rings is 1. The van der Waals surface area contributed by atoms with E-state index in [2.05, 4.69) is 6.92 Å². The van der Waals surface area contributed by atoms with Crippen LogP contribution in [-0.2, 0) is 4.79 Å². The van der Waals surface area contributed by atoms with Crippen molar-refractivity contribution in [3.05, 3.63) is 33.8 Å². The van der Waals surface area contributed by atoms with E-state index in [0.29, 0.717) is 28.6 Å². The molecule has 4 nitrogen and oxygen atoms in total. The SMILES string of the molecule is CCCCN(C)C(=O)C1CCCN1C(=O)c1ccc(Cl)c(Cl)c1. The fourth-order valence-electron chi connectivity index (χ4n) is 2.82. The normalized spacial score (nSPS) is 17.4. The van der Waals surface area contributed by atoms with Gasteiger partial charge < -0.3 is 9.80 Å². The molecule has 2 rings (SSSR count). The molecule has 126 valence electrons. The highest BCUT2D eigenvalue weighted by Gasteiger charge is 2.36. The highest BCUT2D eigenvalue weighted by molar-refractivity contribution is 6.42. The number of hydrogen-bond donors (Lipinski definition) is 0. The number of likely N-dealkylation sites (N-methyl/N-ethyl adjacent to an activating group) is 1. The van der Waals surface area contributed by atoms with Crippen LogP contribution >= 0.6 is 23.2 Å². The predicted molar refractivity (Wildman–Crippen MR) is 93.1 cm³/mol. The van der Waals surface area contributed by atoms with Crippen LogP contribution in [0, 0.1) is 0 Å². The fraction of sp³-hybridized carbons (Fsp3) is 0.529. The second-order valence-corrected chi connectivity index (χ2v) is 6.71. The average Bonchev–Trinajstić information content (AvgIpc) is 3.03. The van der Waals surface area contributed by atoms with Crippen LogP contribution in [0.2, 0.25) is 10.0 Å². The largest absolute Gasteiger partial charge is 0.344 e. The Morgan fingerprint density at radius 1 is 1.30 bits per heavy atom. The van der Waals surface area contributed by atoms with Gasteiger partial charge >= 0.3 is 0 Å². The Balaban J connectivity index is 2.12. The van der Waals surface area contributed by atoms with Crippen molar-refractivity contribution in [2.24, 2.45) is 0 Å². The summed E-state index contributed by atoms with van der Waals surface area (Å²) in [6.07, 6.45) is 3.55. The summed E-state index contributed by atoms with van der Waals surface area (Å²) in [5.74, 6) is -0.146. The third kappa shape index (κ3) is 4.18. The van der Waals surface area contributed by atoms with Crippen LogP contribution in [0.5, 0.6) is 0 Å². The number of carbonyl (C=O) groups excluding carboxylic acids is 2. The number of rotatable bonds is 5. The molecule has 23 heavy (non-hydrogen) atoms. The van der Waals surface area contributed by atoms with E-state index in [1.54, 1.807) is 35.0 Å². The van der Waals surface area contributed by atoms with Crippen molar-refractivity contribution in [2.45, 2.75) is 38.6 Å². The van der Waals surface area contributed by atoms with Crippen molar-refractivity contribution in [2.75, 3.05) is 20.1 Å². The Morgan fingerprint density at radius 2 is 2.04 bits per heavy atom. The monoisotopic (exact) mass is 356 g/mol. The maximum absolute atomic E-state index is 12.7. The van der Waals surface area contributed by atoms with Gasteiger partial charge in [-0.2, -0.15) is 0 Å². The van der Waals surface area contributed by atoms with Gasteiger partial charge in [-0.05, 0) is 37.5 Å². The molecule has 0 bridgehead atoms. The molecule has 1 saturated heterocycles. The number of halogens is 2. The van der Waals surface area contributed by atoms with E-state index < -0.39 is 0 Å². The van der Waals surface area contributed by atoms with E-state index in [4.69, 9.17) is 23.2 Å². The lowest BCUT2D eigenvalue weighted by Crippen LogP contribution is -2.46. The number of nitrogens with zero attached hydrogens (tertiary/aromatic N) is 2. The van der Waals surface area contributed by atoms with Crippen molar-refractivity contribution in [3.63, 3.8) is 0 Å². The summed E-state index contributed by atoms with van der Waals surface area (Å²) < 4.78 is 0. The Bertz CT molecular complexity index is 592. The maximum atomic E-state index is 12.7. The second kappa shape index (κ2) is 8.02. The molecule has 0 saturated carbocycles. The summed E-state index contributed by atoms with van der Waals surface area (Å²) in [7, 11) is 1.80. The Hall–Kier alpha value is -1.26. The van der Waals surface area contributed by atoms with Gasteiger partial charge in [0.1, 0.15) is 6.04 Å². The molecule has 0 aliphatic carbocycles.